The van der Waals surface area contributed by atoms with Crippen molar-refractivity contribution in [3.05, 3.63) is 42.0 Å². The Balaban J connectivity index is 1.92. The van der Waals surface area contributed by atoms with Gasteiger partial charge in [-0.3, -0.25) is 4.79 Å². The highest BCUT2D eigenvalue weighted by atomic mass is 16.5. The summed E-state index contributed by atoms with van der Waals surface area (Å²) in [6.07, 6.45) is 0.526. The Morgan fingerprint density at radius 3 is 2.57 bits per heavy atom. The number of fused-ring (bicyclic) bond motifs is 1. The molecule has 0 aromatic heterocycles. The molecule has 0 bridgehead atoms. The zero-order valence-electron chi connectivity index (χ0n) is 12.8. The van der Waals surface area contributed by atoms with Crippen LogP contribution in [0, 0.1) is 0 Å². The number of benzene rings is 2. The summed E-state index contributed by atoms with van der Waals surface area (Å²) in [4.78, 5) is 13.1. The second kappa shape index (κ2) is 7.09. The number of amides is 1. The van der Waals surface area contributed by atoms with Crippen LogP contribution in [0.3, 0.4) is 0 Å². The van der Waals surface area contributed by atoms with Crippen molar-refractivity contribution in [2.24, 2.45) is 0 Å². The summed E-state index contributed by atoms with van der Waals surface area (Å²) in [5.74, 6) is 1.02. The second-order valence-electron chi connectivity index (χ2n) is 5.26. The van der Waals surface area contributed by atoms with E-state index in [1.54, 1.807) is 26.1 Å². The minimum Gasteiger partial charge on any atom is -0.497 e. The minimum atomic E-state index is 0.146. The fourth-order valence-electron chi connectivity index (χ4n) is 2.16. The van der Waals surface area contributed by atoms with E-state index in [1.165, 1.54) is 16.3 Å². The number of carbonyl (C=O) groups is 1. The van der Waals surface area contributed by atoms with Crippen molar-refractivity contribution in [1.82, 2.24) is 10.2 Å². The zero-order valence-corrected chi connectivity index (χ0v) is 12.8. The van der Waals surface area contributed by atoms with Crippen LogP contribution in [0.2, 0.25) is 0 Å². The highest BCUT2D eigenvalue weighted by Crippen LogP contribution is 2.21. The Morgan fingerprint density at radius 2 is 1.86 bits per heavy atom. The van der Waals surface area contributed by atoms with Crippen LogP contribution in [0.15, 0.2) is 36.4 Å². The molecule has 0 aliphatic carbocycles. The third kappa shape index (κ3) is 4.20. The quantitative estimate of drug-likeness (QED) is 0.829. The lowest BCUT2D eigenvalue weighted by Gasteiger charge is -2.11. The Bertz CT molecular complexity index is 623. The number of rotatable bonds is 6. The van der Waals surface area contributed by atoms with Crippen molar-refractivity contribution in [3.8, 4) is 5.75 Å². The van der Waals surface area contributed by atoms with Crippen LogP contribution < -0.4 is 10.1 Å². The topological polar surface area (TPSA) is 41.6 Å². The van der Waals surface area contributed by atoms with Gasteiger partial charge in [0.15, 0.2) is 0 Å². The van der Waals surface area contributed by atoms with Crippen LogP contribution in [-0.4, -0.2) is 38.6 Å². The van der Waals surface area contributed by atoms with E-state index in [2.05, 4.69) is 29.6 Å². The van der Waals surface area contributed by atoms with Gasteiger partial charge in [0.25, 0.3) is 0 Å². The Hall–Kier alpha value is -2.07. The van der Waals surface area contributed by atoms with Crippen molar-refractivity contribution < 1.29 is 9.53 Å². The largest absolute Gasteiger partial charge is 0.497 e. The van der Waals surface area contributed by atoms with Gasteiger partial charge in [-0.05, 0) is 34.5 Å². The molecule has 0 saturated carbocycles. The molecule has 0 heterocycles. The third-order valence-corrected chi connectivity index (χ3v) is 3.46. The number of carbonyl (C=O) groups excluding carboxylic acids is 1. The van der Waals surface area contributed by atoms with Gasteiger partial charge in [-0.2, -0.15) is 0 Å². The van der Waals surface area contributed by atoms with Gasteiger partial charge in [0.1, 0.15) is 5.75 Å². The molecule has 0 unspecified atom stereocenters. The van der Waals surface area contributed by atoms with E-state index in [0.717, 1.165) is 12.3 Å². The summed E-state index contributed by atoms with van der Waals surface area (Å²) in [7, 11) is 5.23. The first kappa shape index (κ1) is 15.3. The fourth-order valence-corrected chi connectivity index (χ4v) is 2.16. The monoisotopic (exact) mass is 286 g/mol. The van der Waals surface area contributed by atoms with Gasteiger partial charge in [-0.25, -0.2) is 0 Å². The zero-order chi connectivity index (χ0) is 15.2. The Kier molecular flexibility index (Phi) is 5.17. The number of nitrogens with zero attached hydrogens (tertiary/aromatic N) is 1. The van der Waals surface area contributed by atoms with Crippen LogP contribution in [0.5, 0.6) is 5.75 Å². The van der Waals surface area contributed by atoms with Crippen molar-refractivity contribution in [1.29, 1.82) is 0 Å². The maximum Gasteiger partial charge on any atom is 0.223 e. The first-order valence-corrected chi connectivity index (χ1v) is 7.07. The molecule has 4 heteroatoms. The molecule has 0 saturated heterocycles. The van der Waals surface area contributed by atoms with Gasteiger partial charge in [-0.1, -0.05) is 18.2 Å². The number of nitrogens with one attached hydrogen (secondary N) is 1. The van der Waals surface area contributed by atoms with Crippen LogP contribution in [0.1, 0.15) is 12.0 Å². The van der Waals surface area contributed by atoms with Crippen molar-refractivity contribution in [2.45, 2.75) is 13.0 Å². The van der Waals surface area contributed by atoms with Gasteiger partial charge in [0, 0.05) is 33.6 Å². The van der Waals surface area contributed by atoms with E-state index in [0.29, 0.717) is 13.0 Å². The molecule has 2 rings (SSSR count). The summed E-state index contributed by atoms with van der Waals surface area (Å²) in [5.41, 5.74) is 1.21. The molecule has 0 atom stereocenters. The standard InChI is InChI=1S/C17H22N2O2/c1-19(2)17(20)8-9-18-12-13-4-5-15-11-16(21-3)7-6-14(15)10-13/h4-7,10-11,18H,8-9,12H2,1-3H3. The Morgan fingerprint density at radius 1 is 1.14 bits per heavy atom. The van der Waals surface area contributed by atoms with E-state index in [-0.39, 0.29) is 5.91 Å². The highest BCUT2D eigenvalue weighted by Gasteiger charge is 2.03. The molecule has 0 spiro atoms. The maximum atomic E-state index is 11.5. The SMILES string of the molecule is COc1ccc2cc(CNCCC(=O)N(C)C)ccc2c1. The van der Waals surface area contributed by atoms with Crippen LogP contribution >= 0.6 is 0 Å². The van der Waals surface area contributed by atoms with Gasteiger partial charge < -0.3 is 15.0 Å². The molecule has 2 aromatic rings. The van der Waals surface area contributed by atoms with Crippen molar-refractivity contribution >= 4 is 16.7 Å². The van der Waals surface area contributed by atoms with Crippen molar-refractivity contribution in [3.63, 3.8) is 0 Å². The van der Waals surface area contributed by atoms with E-state index < -0.39 is 0 Å². The fraction of sp³-hybridized carbons (Fsp3) is 0.353. The molecule has 1 amide bonds. The van der Waals surface area contributed by atoms with Crippen molar-refractivity contribution in [2.75, 3.05) is 27.7 Å². The highest BCUT2D eigenvalue weighted by molar-refractivity contribution is 5.84. The van der Waals surface area contributed by atoms with Gasteiger partial charge in [-0.15, -0.1) is 0 Å². The molecule has 0 radical (unpaired) electrons. The van der Waals surface area contributed by atoms with Gasteiger partial charge in [0.05, 0.1) is 7.11 Å². The first-order chi connectivity index (χ1) is 10.1. The van der Waals surface area contributed by atoms with E-state index in [1.807, 2.05) is 12.1 Å². The predicted molar refractivity (Wildman–Crippen MR) is 85.5 cm³/mol. The normalized spacial score (nSPS) is 10.6. The lowest BCUT2D eigenvalue weighted by Crippen LogP contribution is -2.26. The molecule has 112 valence electrons. The lowest BCUT2D eigenvalue weighted by molar-refractivity contribution is -0.128. The molecular weight excluding hydrogens is 264 g/mol. The number of hydrogen-bond donors (Lipinski definition) is 1. The smallest absolute Gasteiger partial charge is 0.223 e. The molecule has 0 aliphatic heterocycles. The summed E-state index contributed by atoms with van der Waals surface area (Å²) in [5, 5.41) is 5.66. The number of hydrogen-bond acceptors (Lipinski definition) is 3. The Labute approximate surface area is 125 Å². The summed E-state index contributed by atoms with van der Waals surface area (Å²) < 4.78 is 5.23. The van der Waals surface area contributed by atoms with E-state index in [4.69, 9.17) is 4.74 Å². The molecule has 4 nitrogen and oxygen atoms in total. The molecule has 1 N–H and O–H groups in total. The summed E-state index contributed by atoms with van der Waals surface area (Å²) >= 11 is 0. The molecular formula is C17H22N2O2. The van der Waals surface area contributed by atoms with Gasteiger partial charge in [0.2, 0.25) is 5.91 Å². The minimum absolute atomic E-state index is 0.146. The van der Waals surface area contributed by atoms with Gasteiger partial charge >= 0.3 is 0 Å². The summed E-state index contributed by atoms with van der Waals surface area (Å²) in [6, 6.07) is 12.4. The second-order valence-corrected chi connectivity index (χ2v) is 5.26. The van der Waals surface area contributed by atoms with Crippen LogP contribution in [0.25, 0.3) is 10.8 Å². The average molecular weight is 286 g/mol. The van der Waals surface area contributed by atoms with E-state index >= 15 is 0 Å². The third-order valence-electron chi connectivity index (χ3n) is 3.46. The number of ether oxygens (including phenoxy) is 1. The first-order valence-electron chi connectivity index (χ1n) is 7.07. The molecule has 0 fully saturated rings. The molecule has 0 aliphatic rings. The molecule has 21 heavy (non-hydrogen) atoms. The van der Waals surface area contributed by atoms with Crippen LogP contribution in [0.4, 0.5) is 0 Å². The summed E-state index contributed by atoms with van der Waals surface area (Å²) in [6.45, 7) is 1.46. The lowest BCUT2D eigenvalue weighted by atomic mass is 10.1. The van der Waals surface area contributed by atoms with E-state index in [9.17, 15) is 4.79 Å². The predicted octanol–water partition coefficient (Wildman–Crippen LogP) is 2.42. The number of methoxy groups -OCH3 is 1. The average Bonchev–Trinajstić information content (AvgIpc) is 2.50. The molecule has 2 aromatic carbocycles. The maximum absolute atomic E-state index is 11.5. The van der Waals surface area contributed by atoms with Crippen LogP contribution in [-0.2, 0) is 11.3 Å².